The zero-order chi connectivity index (χ0) is 8.27. The standard InChI is InChI=1S/C7H7FO2S/c8-5-6-1-3-7(4-2-6)11(9)10/h1-4,11H,5H2. The normalized spacial score (nSPS) is 10.4. The summed E-state index contributed by atoms with van der Waals surface area (Å²) in [6, 6.07) is 5.70. The SMILES string of the molecule is O=[SH](=O)c1ccc(CF)cc1. The van der Waals surface area contributed by atoms with E-state index in [1.54, 1.807) is 0 Å². The van der Waals surface area contributed by atoms with E-state index in [0.29, 0.717) is 5.56 Å². The van der Waals surface area contributed by atoms with Crippen molar-refractivity contribution in [3.8, 4) is 0 Å². The van der Waals surface area contributed by atoms with E-state index in [1.165, 1.54) is 24.3 Å². The van der Waals surface area contributed by atoms with E-state index in [2.05, 4.69) is 0 Å². The molecule has 0 saturated carbocycles. The summed E-state index contributed by atoms with van der Waals surface area (Å²) in [5.41, 5.74) is 0.491. The quantitative estimate of drug-likeness (QED) is 0.682. The van der Waals surface area contributed by atoms with Gasteiger partial charge in [0.2, 0.25) is 0 Å². The highest BCUT2D eigenvalue weighted by Crippen LogP contribution is 2.05. The van der Waals surface area contributed by atoms with E-state index in [0.717, 1.165) is 0 Å². The van der Waals surface area contributed by atoms with E-state index < -0.39 is 17.4 Å². The van der Waals surface area contributed by atoms with Gasteiger partial charge in [-0.2, -0.15) is 0 Å². The van der Waals surface area contributed by atoms with E-state index in [4.69, 9.17) is 0 Å². The summed E-state index contributed by atoms with van der Waals surface area (Å²) in [6.45, 7) is -0.560. The Labute approximate surface area is 65.6 Å². The van der Waals surface area contributed by atoms with Crippen molar-refractivity contribution in [3.63, 3.8) is 0 Å². The van der Waals surface area contributed by atoms with Gasteiger partial charge in [-0.25, -0.2) is 12.8 Å². The molecule has 11 heavy (non-hydrogen) atoms. The van der Waals surface area contributed by atoms with Gasteiger partial charge in [0, 0.05) is 0 Å². The van der Waals surface area contributed by atoms with Gasteiger partial charge in [0.25, 0.3) is 0 Å². The van der Waals surface area contributed by atoms with E-state index in [9.17, 15) is 12.8 Å². The molecule has 0 fully saturated rings. The monoisotopic (exact) mass is 174 g/mol. The fourth-order valence-electron chi connectivity index (χ4n) is 0.707. The molecule has 0 saturated heterocycles. The van der Waals surface area contributed by atoms with Crippen LogP contribution in [0.1, 0.15) is 5.56 Å². The Morgan fingerprint density at radius 3 is 2.09 bits per heavy atom. The first-order valence-electron chi connectivity index (χ1n) is 3.03. The van der Waals surface area contributed by atoms with Crippen molar-refractivity contribution < 1.29 is 12.8 Å². The summed E-state index contributed by atoms with van der Waals surface area (Å²) < 4.78 is 32.6. The lowest BCUT2D eigenvalue weighted by Gasteiger charge is -1.92. The van der Waals surface area contributed by atoms with Crippen LogP contribution in [-0.4, -0.2) is 8.42 Å². The largest absolute Gasteiger partial charge is 0.246 e. The van der Waals surface area contributed by atoms with Crippen LogP contribution < -0.4 is 0 Å². The molecule has 0 atom stereocenters. The second-order valence-electron chi connectivity index (χ2n) is 2.06. The van der Waals surface area contributed by atoms with E-state index >= 15 is 0 Å². The third-order valence-electron chi connectivity index (χ3n) is 1.30. The molecule has 0 unspecified atom stereocenters. The highest BCUT2D eigenvalue weighted by molar-refractivity contribution is 7.72. The van der Waals surface area contributed by atoms with Crippen molar-refractivity contribution in [1.82, 2.24) is 0 Å². The third-order valence-corrected chi connectivity index (χ3v) is 2.02. The van der Waals surface area contributed by atoms with Gasteiger partial charge in [-0.3, -0.25) is 0 Å². The maximum atomic E-state index is 11.9. The molecule has 0 N–H and O–H groups in total. The van der Waals surface area contributed by atoms with Crippen LogP contribution in [0.4, 0.5) is 4.39 Å². The average Bonchev–Trinajstić information content (AvgIpc) is 2.05. The topological polar surface area (TPSA) is 34.1 Å². The number of rotatable bonds is 2. The molecule has 0 aromatic heterocycles. The molecule has 4 heteroatoms. The Morgan fingerprint density at radius 1 is 1.18 bits per heavy atom. The number of alkyl halides is 1. The first kappa shape index (κ1) is 8.20. The Morgan fingerprint density at radius 2 is 1.73 bits per heavy atom. The molecule has 0 radical (unpaired) electrons. The molecule has 0 amide bonds. The summed E-state index contributed by atoms with van der Waals surface area (Å²) in [4.78, 5) is 0.220. The molecule has 60 valence electrons. The van der Waals surface area contributed by atoms with Crippen LogP contribution in [0, 0.1) is 0 Å². The fourth-order valence-corrected chi connectivity index (χ4v) is 1.10. The molecule has 1 aromatic carbocycles. The molecular formula is C7H7FO2S. The van der Waals surface area contributed by atoms with E-state index in [1.807, 2.05) is 0 Å². The van der Waals surface area contributed by atoms with Crippen molar-refractivity contribution in [2.75, 3.05) is 0 Å². The number of benzene rings is 1. The van der Waals surface area contributed by atoms with Gasteiger partial charge in [0.05, 0.1) is 4.90 Å². The summed E-state index contributed by atoms with van der Waals surface area (Å²) >= 11 is 0. The predicted octanol–water partition coefficient (Wildman–Crippen LogP) is 1.13. The molecule has 0 aliphatic carbocycles. The van der Waals surface area contributed by atoms with Gasteiger partial charge in [0.1, 0.15) is 6.67 Å². The van der Waals surface area contributed by atoms with Crippen molar-refractivity contribution in [2.45, 2.75) is 11.6 Å². The number of thiol groups is 1. The van der Waals surface area contributed by atoms with Gasteiger partial charge in [0.15, 0.2) is 10.7 Å². The molecule has 0 spiro atoms. The molecule has 2 nitrogen and oxygen atoms in total. The van der Waals surface area contributed by atoms with Crippen molar-refractivity contribution in [2.24, 2.45) is 0 Å². The van der Waals surface area contributed by atoms with Crippen LogP contribution in [0.3, 0.4) is 0 Å². The summed E-state index contributed by atoms with van der Waals surface area (Å²) in [6.07, 6.45) is 0. The molecule has 0 heterocycles. The maximum absolute atomic E-state index is 11.9. The second kappa shape index (κ2) is 3.48. The average molecular weight is 174 g/mol. The Kier molecular flexibility index (Phi) is 2.59. The molecule has 0 aliphatic rings. The predicted molar refractivity (Wildman–Crippen MR) is 39.8 cm³/mol. The molecule has 1 rings (SSSR count). The minimum atomic E-state index is -2.54. The van der Waals surface area contributed by atoms with Crippen LogP contribution >= 0.6 is 0 Å². The lowest BCUT2D eigenvalue weighted by molar-refractivity contribution is 0.485. The minimum absolute atomic E-state index is 0.220. The molecular weight excluding hydrogens is 167 g/mol. The van der Waals surface area contributed by atoms with Crippen LogP contribution in [0.5, 0.6) is 0 Å². The number of halogens is 1. The minimum Gasteiger partial charge on any atom is -0.246 e. The third kappa shape index (κ3) is 2.01. The lowest BCUT2D eigenvalue weighted by atomic mass is 10.2. The fraction of sp³-hybridized carbons (Fsp3) is 0.143. The van der Waals surface area contributed by atoms with Crippen molar-refractivity contribution in [3.05, 3.63) is 29.8 Å². The second-order valence-corrected chi connectivity index (χ2v) is 3.09. The Bertz CT molecular complexity index is 295. The van der Waals surface area contributed by atoms with Crippen LogP contribution in [0.25, 0.3) is 0 Å². The Balaban J connectivity index is 3.01. The zero-order valence-corrected chi connectivity index (χ0v) is 6.55. The molecule has 0 bridgehead atoms. The first-order chi connectivity index (χ1) is 5.24. The molecule has 1 aromatic rings. The molecule has 0 aliphatic heterocycles. The first-order valence-corrected chi connectivity index (χ1v) is 4.21. The van der Waals surface area contributed by atoms with Crippen LogP contribution in [0.15, 0.2) is 29.2 Å². The number of hydrogen-bond acceptors (Lipinski definition) is 2. The summed E-state index contributed by atoms with van der Waals surface area (Å²) in [7, 11) is -2.54. The van der Waals surface area contributed by atoms with Crippen molar-refractivity contribution >= 4 is 10.7 Å². The van der Waals surface area contributed by atoms with Gasteiger partial charge in [-0.15, -0.1) is 0 Å². The summed E-state index contributed by atoms with van der Waals surface area (Å²) in [5, 5.41) is 0. The van der Waals surface area contributed by atoms with Gasteiger partial charge < -0.3 is 0 Å². The smallest absolute Gasteiger partial charge is 0.168 e. The maximum Gasteiger partial charge on any atom is 0.168 e. The highest BCUT2D eigenvalue weighted by atomic mass is 32.2. The zero-order valence-electron chi connectivity index (χ0n) is 5.66. The van der Waals surface area contributed by atoms with Gasteiger partial charge in [-0.05, 0) is 17.7 Å². The van der Waals surface area contributed by atoms with Gasteiger partial charge >= 0.3 is 0 Å². The number of hydrogen-bond donors (Lipinski definition) is 1. The van der Waals surface area contributed by atoms with Crippen LogP contribution in [0.2, 0.25) is 0 Å². The highest BCUT2D eigenvalue weighted by Gasteiger charge is 1.94. The van der Waals surface area contributed by atoms with Crippen molar-refractivity contribution in [1.29, 1.82) is 0 Å². The van der Waals surface area contributed by atoms with Crippen LogP contribution in [-0.2, 0) is 17.4 Å². The lowest BCUT2D eigenvalue weighted by Crippen LogP contribution is -1.81. The van der Waals surface area contributed by atoms with E-state index in [-0.39, 0.29) is 4.90 Å². The Hall–Kier alpha value is -0.900. The summed E-state index contributed by atoms with van der Waals surface area (Å²) in [5.74, 6) is 0. The van der Waals surface area contributed by atoms with Gasteiger partial charge in [-0.1, -0.05) is 12.1 Å².